The fourth-order valence-electron chi connectivity index (χ4n) is 3.15. The van der Waals surface area contributed by atoms with Gasteiger partial charge in [-0.15, -0.1) is 0 Å². The summed E-state index contributed by atoms with van der Waals surface area (Å²) in [7, 11) is 3.02. The summed E-state index contributed by atoms with van der Waals surface area (Å²) in [6, 6.07) is 4.51. The summed E-state index contributed by atoms with van der Waals surface area (Å²) < 4.78 is 12.9. The monoisotopic (exact) mass is 433 g/mol. The van der Waals surface area contributed by atoms with E-state index in [2.05, 4.69) is 20.8 Å². The summed E-state index contributed by atoms with van der Waals surface area (Å²) in [5, 5.41) is 12.7. The number of nitrogens with zero attached hydrogens (tertiary/aromatic N) is 2. The van der Waals surface area contributed by atoms with E-state index in [0.717, 1.165) is 12.8 Å². The summed E-state index contributed by atoms with van der Waals surface area (Å²) in [5.41, 5.74) is 0.347. The molecule has 30 heavy (non-hydrogen) atoms. The topological polar surface area (TPSA) is 110 Å². The number of benzene rings is 1. The van der Waals surface area contributed by atoms with Crippen LogP contribution >= 0.6 is 12.2 Å². The predicted octanol–water partition coefficient (Wildman–Crippen LogP) is 2.36. The van der Waals surface area contributed by atoms with Gasteiger partial charge in [0.25, 0.3) is 5.91 Å². The number of methoxy groups -OCH3 is 2. The highest BCUT2D eigenvalue weighted by atomic mass is 32.1. The zero-order valence-corrected chi connectivity index (χ0v) is 18.3. The Morgan fingerprint density at radius 3 is 2.40 bits per heavy atom. The first-order valence-electron chi connectivity index (χ1n) is 9.81. The van der Waals surface area contributed by atoms with Crippen LogP contribution in [-0.2, 0) is 11.3 Å². The number of nitrogens with one attached hydrogen (secondary N) is 3. The Balaban J connectivity index is 1.69. The maximum absolute atomic E-state index is 12.8. The van der Waals surface area contributed by atoms with Gasteiger partial charge in [-0.2, -0.15) is 5.10 Å². The minimum Gasteiger partial charge on any atom is -0.497 e. The minimum absolute atomic E-state index is 0.120. The van der Waals surface area contributed by atoms with E-state index in [0.29, 0.717) is 33.7 Å². The largest absolute Gasteiger partial charge is 0.497 e. The van der Waals surface area contributed by atoms with Crippen LogP contribution in [0, 0.1) is 10.7 Å². The van der Waals surface area contributed by atoms with Crippen LogP contribution in [-0.4, -0.2) is 46.8 Å². The Morgan fingerprint density at radius 2 is 1.87 bits per heavy atom. The molecule has 9 nitrogen and oxygen atoms in total. The van der Waals surface area contributed by atoms with Gasteiger partial charge < -0.3 is 20.1 Å². The van der Waals surface area contributed by atoms with Crippen molar-refractivity contribution in [2.24, 2.45) is 5.92 Å². The lowest BCUT2D eigenvalue weighted by Crippen LogP contribution is -2.49. The smallest absolute Gasteiger partial charge is 0.252 e. The lowest BCUT2D eigenvalue weighted by Gasteiger charge is -2.22. The average molecular weight is 434 g/mol. The van der Waals surface area contributed by atoms with E-state index in [-0.39, 0.29) is 24.3 Å². The summed E-state index contributed by atoms with van der Waals surface area (Å²) in [6.07, 6.45) is 2.12. The number of H-pyrrole nitrogens is 1. The molecule has 1 atom stereocenters. The van der Waals surface area contributed by atoms with Crippen LogP contribution in [0.5, 0.6) is 11.5 Å². The van der Waals surface area contributed by atoms with Crippen LogP contribution in [0.15, 0.2) is 18.2 Å². The molecule has 1 aliphatic rings. The molecule has 162 valence electrons. The molecular formula is C20H27N5O4S. The molecule has 1 saturated carbocycles. The van der Waals surface area contributed by atoms with Gasteiger partial charge in [-0.3, -0.25) is 19.3 Å². The molecule has 0 saturated heterocycles. The molecule has 10 heteroatoms. The highest BCUT2D eigenvalue weighted by Crippen LogP contribution is 2.35. The quantitative estimate of drug-likeness (QED) is 0.524. The zero-order valence-electron chi connectivity index (χ0n) is 17.5. The van der Waals surface area contributed by atoms with Crippen molar-refractivity contribution in [3.63, 3.8) is 0 Å². The number of rotatable bonds is 9. The van der Waals surface area contributed by atoms with Gasteiger partial charge in [-0.05, 0) is 43.1 Å². The second-order valence-corrected chi connectivity index (χ2v) is 7.95. The molecular weight excluding hydrogens is 406 g/mol. The molecule has 3 rings (SSSR count). The van der Waals surface area contributed by atoms with Gasteiger partial charge in [0.15, 0.2) is 10.6 Å². The third-order valence-corrected chi connectivity index (χ3v) is 5.25. The van der Waals surface area contributed by atoms with Crippen LogP contribution in [0.3, 0.4) is 0 Å². The SMILES string of the molecule is COc1cc(OC)cc(C(=O)NC(C(=O)NCc2n[nH]c(=S)n2C2CC2)C(C)C)c1. The number of hydrogen-bond acceptors (Lipinski definition) is 6. The van der Waals surface area contributed by atoms with Gasteiger partial charge >= 0.3 is 0 Å². The highest BCUT2D eigenvalue weighted by Gasteiger charge is 2.29. The lowest BCUT2D eigenvalue weighted by molar-refractivity contribution is -0.124. The summed E-state index contributed by atoms with van der Waals surface area (Å²) in [6.45, 7) is 3.97. The van der Waals surface area contributed by atoms with Crippen molar-refractivity contribution in [3.8, 4) is 11.5 Å². The number of aromatic nitrogens is 3. The van der Waals surface area contributed by atoms with Crippen molar-refractivity contribution in [2.75, 3.05) is 14.2 Å². The lowest BCUT2D eigenvalue weighted by atomic mass is 10.0. The molecule has 1 unspecified atom stereocenters. The number of ether oxygens (including phenoxy) is 2. The van der Waals surface area contributed by atoms with Crippen LogP contribution in [0.1, 0.15) is 48.9 Å². The van der Waals surface area contributed by atoms with Gasteiger partial charge in [0.1, 0.15) is 17.5 Å². The fraction of sp³-hybridized carbons (Fsp3) is 0.500. The van der Waals surface area contributed by atoms with Crippen molar-refractivity contribution in [3.05, 3.63) is 34.4 Å². The predicted molar refractivity (Wildman–Crippen MR) is 113 cm³/mol. The van der Waals surface area contributed by atoms with Crippen LogP contribution in [0.25, 0.3) is 0 Å². The van der Waals surface area contributed by atoms with E-state index in [1.807, 2.05) is 18.4 Å². The summed E-state index contributed by atoms with van der Waals surface area (Å²) in [4.78, 5) is 25.6. The van der Waals surface area contributed by atoms with E-state index in [1.54, 1.807) is 18.2 Å². The fourth-order valence-corrected chi connectivity index (χ4v) is 3.45. The first-order chi connectivity index (χ1) is 14.3. The second-order valence-electron chi connectivity index (χ2n) is 7.56. The first-order valence-corrected chi connectivity index (χ1v) is 10.2. The number of amides is 2. The molecule has 1 aromatic heterocycles. The molecule has 3 N–H and O–H groups in total. The average Bonchev–Trinajstić information content (AvgIpc) is 3.51. The van der Waals surface area contributed by atoms with Crippen LogP contribution < -0.4 is 20.1 Å². The zero-order chi connectivity index (χ0) is 21.8. The van der Waals surface area contributed by atoms with E-state index in [1.165, 1.54) is 14.2 Å². The maximum atomic E-state index is 12.8. The third-order valence-electron chi connectivity index (χ3n) is 4.96. The standard InChI is InChI=1S/C20H27N5O4S/c1-11(2)17(22-18(26)12-7-14(28-3)9-15(8-12)29-4)19(27)21-10-16-23-24-20(30)25(16)13-5-6-13/h7-9,11,13,17H,5-6,10H2,1-4H3,(H,21,27)(H,22,26)(H,24,30). The van der Waals surface area contributed by atoms with Crippen molar-refractivity contribution < 1.29 is 19.1 Å². The maximum Gasteiger partial charge on any atom is 0.252 e. The van der Waals surface area contributed by atoms with E-state index in [9.17, 15) is 9.59 Å². The Hall–Kier alpha value is -2.88. The molecule has 0 bridgehead atoms. The molecule has 0 radical (unpaired) electrons. The number of carbonyl (C=O) groups excluding carboxylic acids is 2. The molecule has 1 fully saturated rings. The first kappa shape index (κ1) is 21.8. The second kappa shape index (κ2) is 9.29. The van der Waals surface area contributed by atoms with Crippen LogP contribution in [0.2, 0.25) is 0 Å². The normalized spacial score (nSPS) is 14.3. The van der Waals surface area contributed by atoms with E-state index < -0.39 is 6.04 Å². The Morgan fingerprint density at radius 1 is 1.23 bits per heavy atom. The van der Waals surface area contributed by atoms with Gasteiger partial charge in [0, 0.05) is 17.7 Å². The molecule has 2 amide bonds. The van der Waals surface area contributed by atoms with E-state index >= 15 is 0 Å². The number of aromatic amines is 1. The van der Waals surface area contributed by atoms with Gasteiger partial charge in [0.2, 0.25) is 5.91 Å². The van der Waals surface area contributed by atoms with Crippen LogP contribution in [0.4, 0.5) is 0 Å². The molecule has 2 aromatic rings. The number of carbonyl (C=O) groups is 2. The molecule has 0 aliphatic heterocycles. The highest BCUT2D eigenvalue weighted by molar-refractivity contribution is 7.71. The Kier molecular flexibility index (Phi) is 6.76. The molecule has 1 aromatic carbocycles. The van der Waals surface area contributed by atoms with Crippen molar-refractivity contribution >= 4 is 24.0 Å². The Bertz CT molecular complexity index is 958. The van der Waals surface area contributed by atoms with Crippen molar-refractivity contribution in [1.82, 2.24) is 25.4 Å². The van der Waals surface area contributed by atoms with Gasteiger partial charge in [-0.25, -0.2) is 0 Å². The molecule has 0 spiro atoms. The van der Waals surface area contributed by atoms with Crippen molar-refractivity contribution in [2.45, 2.75) is 45.3 Å². The van der Waals surface area contributed by atoms with Gasteiger partial charge in [-0.1, -0.05) is 13.8 Å². The third kappa shape index (κ3) is 4.99. The van der Waals surface area contributed by atoms with Gasteiger partial charge in [0.05, 0.1) is 20.8 Å². The molecule has 1 aliphatic carbocycles. The summed E-state index contributed by atoms with van der Waals surface area (Å²) >= 11 is 5.27. The minimum atomic E-state index is -0.717. The number of hydrogen-bond donors (Lipinski definition) is 3. The molecule has 1 heterocycles. The van der Waals surface area contributed by atoms with Crippen molar-refractivity contribution in [1.29, 1.82) is 0 Å². The Labute approximate surface area is 180 Å². The summed E-state index contributed by atoms with van der Waals surface area (Å²) in [5.74, 6) is 0.875. The van der Waals surface area contributed by atoms with E-state index in [4.69, 9.17) is 21.7 Å².